The Balaban J connectivity index is 2.86. The van der Waals surface area contributed by atoms with Crippen molar-refractivity contribution in [3.8, 4) is 0 Å². The highest BCUT2D eigenvalue weighted by molar-refractivity contribution is 9.10. The molecule has 1 aromatic heterocycles. The van der Waals surface area contributed by atoms with Crippen LogP contribution < -0.4 is 5.73 Å². The van der Waals surface area contributed by atoms with Crippen molar-refractivity contribution >= 4 is 21.8 Å². The number of hydrogen-bond acceptors (Lipinski definition) is 3. The van der Waals surface area contributed by atoms with Gasteiger partial charge in [0, 0.05) is 25.6 Å². The van der Waals surface area contributed by atoms with Gasteiger partial charge in [0.2, 0.25) is 0 Å². The summed E-state index contributed by atoms with van der Waals surface area (Å²) in [6, 6.07) is 0.245. The van der Waals surface area contributed by atoms with E-state index in [4.69, 9.17) is 11.1 Å². The van der Waals surface area contributed by atoms with Gasteiger partial charge in [0.1, 0.15) is 0 Å². The molecule has 0 fully saturated rings. The summed E-state index contributed by atoms with van der Waals surface area (Å²) in [7, 11) is 2.05. The van der Waals surface area contributed by atoms with E-state index in [1.807, 2.05) is 4.68 Å². The van der Waals surface area contributed by atoms with E-state index in [1.54, 1.807) is 0 Å². The van der Waals surface area contributed by atoms with Gasteiger partial charge in [0.15, 0.2) is 0 Å². The predicted octanol–water partition coefficient (Wildman–Crippen LogP) is 2.37. The summed E-state index contributed by atoms with van der Waals surface area (Å²) in [5.41, 5.74) is 7.76. The number of aromatic nitrogens is 2. The van der Waals surface area contributed by atoms with Crippen LogP contribution in [0.3, 0.4) is 0 Å². The number of aryl methyl sites for hydroxylation is 2. The molecule has 19 heavy (non-hydrogen) atoms. The highest BCUT2D eigenvalue weighted by atomic mass is 79.9. The SMILES string of the molecule is CCc1nn(CC)c(CN(C)C(C)CC(=N)N)c1Br. The van der Waals surface area contributed by atoms with Gasteiger partial charge < -0.3 is 5.73 Å². The molecule has 108 valence electrons. The molecule has 1 atom stereocenters. The molecule has 0 aromatic carbocycles. The topological polar surface area (TPSA) is 70.9 Å². The maximum atomic E-state index is 7.38. The first-order chi connectivity index (χ1) is 8.90. The van der Waals surface area contributed by atoms with Gasteiger partial charge in [-0.2, -0.15) is 5.10 Å². The lowest BCUT2D eigenvalue weighted by Crippen LogP contribution is -2.33. The van der Waals surface area contributed by atoms with Gasteiger partial charge in [-0.3, -0.25) is 15.0 Å². The number of nitrogens with zero attached hydrogens (tertiary/aromatic N) is 3. The van der Waals surface area contributed by atoms with E-state index in [0.717, 1.165) is 29.7 Å². The van der Waals surface area contributed by atoms with E-state index in [2.05, 4.69) is 53.7 Å². The quantitative estimate of drug-likeness (QED) is 0.596. The molecule has 1 unspecified atom stereocenters. The maximum absolute atomic E-state index is 7.38. The number of hydrogen-bond donors (Lipinski definition) is 2. The fourth-order valence-electron chi connectivity index (χ4n) is 2.03. The van der Waals surface area contributed by atoms with Crippen LogP contribution in [-0.4, -0.2) is 33.6 Å². The van der Waals surface area contributed by atoms with Crippen molar-refractivity contribution in [2.24, 2.45) is 5.73 Å². The molecule has 6 heteroatoms. The van der Waals surface area contributed by atoms with Crippen molar-refractivity contribution < 1.29 is 0 Å². The maximum Gasteiger partial charge on any atom is 0.0920 e. The zero-order valence-electron chi connectivity index (χ0n) is 12.2. The summed E-state index contributed by atoms with van der Waals surface area (Å²) in [5, 5.41) is 12.0. The van der Waals surface area contributed by atoms with E-state index in [1.165, 1.54) is 5.69 Å². The summed E-state index contributed by atoms with van der Waals surface area (Å²) in [4.78, 5) is 2.20. The fourth-order valence-corrected chi connectivity index (χ4v) is 2.72. The van der Waals surface area contributed by atoms with Crippen molar-refractivity contribution in [2.45, 2.75) is 52.7 Å². The average Bonchev–Trinajstić information content (AvgIpc) is 2.65. The van der Waals surface area contributed by atoms with Crippen LogP contribution in [0.25, 0.3) is 0 Å². The zero-order valence-corrected chi connectivity index (χ0v) is 13.8. The largest absolute Gasteiger partial charge is 0.388 e. The zero-order chi connectivity index (χ0) is 14.6. The number of halogens is 1. The molecule has 0 saturated heterocycles. The van der Waals surface area contributed by atoms with Gasteiger partial charge in [-0.1, -0.05) is 6.92 Å². The summed E-state index contributed by atoms with van der Waals surface area (Å²) in [5.74, 6) is 0.233. The Bertz CT molecular complexity index is 440. The molecule has 0 radical (unpaired) electrons. The molecule has 0 bridgehead atoms. The van der Waals surface area contributed by atoms with Crippen molar-refractivity contribution in [3.63, 3.8) is 0 Å². The van der Waals surface area contributed by atoms with Gasteiger partial charge in [-0.25, -0.2) is 0 Å². The van der Waals surface area contributed by atoms with Crippen LogP contribution >= 0.6 is 15.9 Å². The Labute approximate surface area is 123 Å². The number of rotatable bonds is 7. The third kappa shape index (κ3) is 4.04. The van der Waals surface area contributed by atoms with Gasteiger partial charge in [-0.05, 0) is 43.2 Å². The van der Waals surface area contributed by atoms with Crippen LogP contribution in [-0.2, 0) is 19.5 Å². The molecular formula is C13H24BrN5. The van der Waals surface area contributed by atoms with E-state index < -0.39 is 0 Å². The molecule has 1 rings (SSSR count). The summed E-state index contributed by atoms with van der Waals surface area (Å²) < 4.78 is 3.15. The van der Waals surface area contributed by atoms with Crippen molar-refractivity contribution in [1.82, 2.24) is 14.7 Å². The van der Waals surface area contributed by atoms with Crippen LogP contribution in [0.5, 0.6) is 0 Å². The van der Waals surface area contributed by atoms with Gasteiger partial charge in [0.25, 0.3) is 0 Å². The first-order valence-corrected chi connectivity index (χ1v) is 7.47. The van der Waals surface area contributed by atoms with Crippen molar-refractivity contribution in [2.75, 3.05) is 7.05 Å². The van der Waals surface area contributed by atoms with Crippen LogP contribution in [0.1, 0.15) is 38.6 Å². The normalized spacial score (nSPS) is 12.9. The lowest BCUT2D eigenvalue weighted by molar-refractivity contribution is 0.246. The molecule has 0 amide bonds. The van der Waals surface area contributed by atoms with E-state index in [-0.39, 0.29) is 11.9 Å². The predicted molar refractivity (Wildman–Crippen MR) is 82.4 cm³/mol. The Kier molecular flexibility index (Phi) is 6.00. The first kappa shape index (κ1) is 16.2. The molecule has 0 aliphatic heterocycles. The monoisotopic (exact) mass is 329 g/mol. The van der Waals surface area contributed by atoms with Crippen molar-refractivity contribution in [3.05, 3.63) is 15.9 Å². The Morgan fingerprint density at radius 2 is 2.16 bits per heavy atom. The number of nitrogens with two attached hydrogens (primary N) is 1. The molecule has 3 N–H and O–H groups in total. The molecular weight excluding hydrogens is 306 g/mol. The van der Waals surface area contributed by atoms with E-state index >= 15 is 0 Å². The molecule has 0 aliphatic rings. The fraction of sp³-hybridized carbons (Fsp3) is 0.692. The first-order valence-electron chi connectivity index (χ1n) is 6.67. The third-order valence-electron chi connectivity index (χ3n) is 3.36. The average molecular weight is 330 g/mol. The lowest BCUT2D eigenvalue weighted by atomic mass is 10.2. The molecule has 0 aliphatic carbocycles. The third-order valence-corrected chi connectivity index (χ3v) is 4.28. The number of amidine groups is 1. The van der Waals surface area contributed by atoms with Gasteiger partial charge in [-0.15, -0.1) is 0 Å². The summed E-state index contributed by atoms with van der Waals surface area (Å²) in [6.07, 6.45) is 1.52. The standard InChI is InChI=1S/C13H24BrN5/c1-5-10-13(14)11(19(6-2)17-10)8-18(4)9(3)7-12(15)16/h9H,5-8H2,1-4H3,(H3,15,16). The molecule has 1 heterocycles. The highest BCUT2D eigenvalue weighted by Gasteiger charge is 2.18. The second kappa shape index (κ2) is 7.05. The highest BCUT2D eigenvalue weighted by Crippen LogP contribution is 2.24. The lowest BCUT2D eigenvalue weighted by Gasteiger charge is -2.24. The Morgan fingerprint density at radius 3 is 2.63 bits per heavy atom. The van der Waals surface area contributed by atoms with Gasteiger partial charge in [0.05, 0.1) is 21.7 Å². The molecule has 1 aromatic rings. The van der Waals surface area contributed by atoms with Crippen LogP contribution in [0, 0.1) is 5.41 Å². The minimum atomic E-state index is 0.233. The Morgan fingerprint density at radius 1 is 1.53 bits per heavy atom. The molecule has 5 nitrogen and oxygen atoms in total. The minimum Gasteiger partial charge on any atom is -0.388 e. The van der Waals surface area contributed by atoms with E-state index in [9.17, 15) is 0 Å². The minimum absolute atomic E-state index is 0.233. The van der Waals surface area contributed by atoms with Crippen LogP contribution in [0.15, 0.2) is 4.47 Å². The van der Waals surface area contributed by atoms with E-state index in [0.29, 0.717) is 6.42 Å². The smallest absolute Gasteiger partial charge is 0.0920 e. The van der Waals surface area contributed by atoms with Gasteiger partial charge >= 0.3 is 0 Å². The van der Waals surface area contributed by atoms with Crippen LogP contribution in [0.4, 0.5) is 0 Å². The Hall–Kier alpha value is -0.880. The number of nitrogens with one attached hydrogen (secondary N) is 1. The second-order valence-electron chi connectivity index (χ2n) is 4.87. The molecule has 0 spiro atoms. The second-order valence-corrected chi connectivity index (χ2v) is 5.66. The molecule has 0 saturated carbocycles. The van der Waals surface area contributed by atoms with Crippen LogP contribution in [0.2, 0.25) is 0 Å². The van der Waals surface area contributed by atoms with Crippen molar-refractivity contribution in [1.29, 1.82) is 5.41 Å². The summed E-state index contributed by atoms with van der Waals surface area (Å²) >= 11 is 3.65. The summed E-state index contributed by atoms with van der Waals surface area (Å²) in [6.45, 7) is 7.96.